The second-order valence-electron chi connectivity index (χ2n) is 3.86. The molecule has 0 saturated heterocycles. The molecule has 0 atom stereocenters. The topological polar surface area (TPSA) is 50.2 Å². The lowest BCUT2D eigenvalue weighted by Gasteiger charge is -2.05. The van der Waals surface area contributed by atoms with Crippen molar-refractivity contribution < 1.29 is 0 Å². The van der Waals surface area contributed by atoms with Crippen molar-refractivity contribution in [1.29, 1.82) is 0 Å². The Morgan fingerprint density at radius 2 is 2.06 bits per heavy atom. The van der Waals surface area contributed by atoms with E-state index in [4.69, 9.17) is 0 Å². The van der Waals surface area contributed by atoms with Crippen molar-refractivity contribution in [1.82, 2.24) is 9.97 Å². The minimum absolute atomic E-state index is 0.748. The fourth-order valence-corrected chi connectivity index (χ4v) is 1.25. The summed E-state index contributed by atoms with van der Waals surface area (Å²) >= 11 is 0. The molecule has 0 aliphatic carbocycles. The minimum atomic E-state index is 0.748. The third-order valence-electron chi connectivity index (χ3n) is 2.06. The number of nitrogens with zero attached hydrogens (tertiary/aromatic N) is 3. The molecule has 0 bridgehead atoms. The lowest BCUT2D eigenvalue weighted by Crippen LogP contribution is -2.09. The highest BCUT2D eigenvalue weighted by Gasteiger charge is 1.98. The van der Waals surface area contributed by atoms with Crippen molar-refractivity contribution in [3.05, 3.63) is 42.0 Å². The zero-order chi connectivity index (χ0) is 12.8. The molecule has 0 fully saturated rings. The summed E-state index contributed by atoms with van der Waals surface area (Å²) in [6, 6.07) is 1.89. The van der Waals surface area contributed by atoms with Crippen molar-refractivity contribution in [2.24, 2.45) is 4.99 Å². The Hall–Kier alpha value is -1.97. The number of allylic oxidation sites excluding steroid dienone is 2. The third-order valence-corrected chi connectivity index (χ3v) is 2.06. The Morgan fingerprint density at radius 1 is 1.35 bits per heavy atom. The summed E-state index contributed by atoms with van der Waals surface area (Å²) in [5.74, 6) is 2.29. The number of nitrogens with one attached hydrogen (secondary N) is 1. The van der Waals surface area contributed by atoms with E-state index in [9.17, 15) is 0 Å². The summed E-state index contributed by atoms with van der Waals surface area (Å²) < 4.78 is 0. The van der Waals surface area contributed by atoms with E-state index in [1.54, 1.807) is 12.3 Å². The molecule has 1 aromatic heterocycles. The van der Waals surface area contributed by atoms with Crippen molar-refractivity contribution in [2.45, 2.75) is 27.7 Å². The fraction of sp³-hybridized carbons (Fsp3) is 0.308. The molecule has 4 nitrogen and oxygen atoms in total. The smallest absolute Gasteiger partial charge is 0.135 e. The van der Waals surface area contributed by atoms with Gasteiger partial charge in [0.05, 0.1) is 0 Å². The van der Waals surface area contributed by atoms with Gasteiger partial charge in [-0.1, -0.05) is 12.7 Å². The van der Waals surface area contributed by atoms with Crippen molar-refractivity contribution in [2.75, 3.05) is 5.32 Å². The van der Waals surface area contributed by atoms with Gasteiger partial charge in [-0.2, -0.15) is 0 Å². The SMILES string of the molecule is C=C/C(C)=C/N=C(C)Nc1cc(C)nc(C)n1. The van der Waals surface area contributed by atoms with Crippen LogP contribution in [0.2, 0.25) is 0 Å². The van der Waals surface area contributed by atoms with Crippen LogP contribution in [0.25, 0.3) is 0 Å². The number of anilines is 1. The first-order chi connectivity index (χ1) is 8.01. The number of amidine groups is 1. The molecule has 1 rings (SSSR count). The maximum absolute atomic E-state index is 4.28. The molecule has 0 aliphatic rings. The molecule has 90 valence electrons. The highest BCUT2D eigenvalue weighted by atomic mass is 15.1. The summed E-state index contributed by atoms with van der Waals surface area (Å²) in [7, 11) is 0. The first-order valence-electron chi connectivity index (χ1n) is 5.44. The number of rotatable bonds is 3. The Labute approximate surface area is 102 Å². The van der Waals surface area contributed by atoms with Crippen LogP contribution in [-0.2, 0) is 0 Å². The molecule has 1 N–H and O–H groups in total. The number of aryl methyl sites for hydroxylation is 2. The normalized spacial score (nSPS) is 12.5. The molecule has 1 heterocycles. The van der Waals surface area contributed by atoms with Gasteiger partial charge in [0, 0.05) is 18.0 Å². The number of hydrogen-bond acceptors (Lipinski definition) is 3. The van der Waals surface area contributed by atoms with Gasteiger partial charge in [-0.3, -0.25) is 0 Å². The van der Waals surface area contributed by atoms with Gasteiger partial charge in [0.15, 0.2) is 0 Å². The van der Waals surface area contributed by atoms with Gasteiger partial charge in [0.1, 0.15) is 17.5 Å². The molecule has 1 aromatic rings. The summed E-state index contributed by atoms with van der Waals surface area (Å²) in [5, 5.41) is 3.12. The van der Waals surface area contributed by atoms with E-state index in [0.717, 1.165) is 28.7 Å². The monoisotopic (exact) mass is 230 g/mol. The van der Waals surface area contributed by atoms with Crippen LogP contribution in [0.1, 0.15) is 25.4 Å². The first kappa shape index (κ1) is 13.1. The summed E-state index contributed by atoms with van der Waals surface area (Å²) in [6.45, 7) is 11.3. The zero-order valence-electron chi connectivity index (χ0n) is 10.8. The molecule has 0 unspecified atom stereocenters. The minimum Gasteiger partial charge on any atom is -0.329 e. The second kappa shape index (κ2) is 5.94. The van der Waals surface area contributed by atoms with Gasteiger partial charge in [-0.25, -0.2) is 15.0 Å². The standard InChI is InChI=1S/C13H18N4/c1-6-9(2)8-14-11(4)16-13-7-10(3)15-12(5)17-13/h6-8H,1H2,2-5H3,(H,14,15,16,17)/b9-8+. The Kier molecular flexibility index (Phi) is 4.57. The summed E-state index contributed by atoms with van der Waals surface area (Å²) in [4.78, 5) is 12.8. The highest BCUT2D eigenvalue weighted by molar-refractivity contribution is 5.93. The highest BCUT2D eigenvalue weighted by Crippen LogP contribution is 2.05. The average Bonchev–Trinajstić information content (AvgIpc) is 2.24. The molecule has 0 amide bonds. The van der Waals surface area contributed by atoms with Crippen LogP contribution in [0, 0.1) is 13.8 Å². The Bertz CT molecular complexity index is 452. The fourth-order valence-electron chi connectivity index (χ4n) is 1.25. The van der Waals surface area contributed by atoms with Crippen LogP contribution in [0.15, 0.2) is 35.5 Å². The second-order valence-corrected chi connectivity index (χ2v) is 3.86. The van der Waals surface area contributed by atoms with Crippen LogP contribution in [0.5, 0.6) is 0 Å². The van der Waals surface area contributed by atoms with Gasteiger partial charge >= 0.3 is 0 Å². The maximum atomic E-state index is 4.28. The molecule has 0 saturated carbocycles. The van der Waals surface area contributed by atoms with Crippen molar-refractivity contribution in [3.63, 3.8) is 0 Å². The van der Waals surface area contributed by atoms with Gasteiger partial charge in [0.25, 0.3) is 0 Å². The largest absolute Gasteiger partial charge is 0.329 e. The molecule has 4 heteroatoms. The van der Waals surface area contributed by atoms with E-state index in [1.165, 1.54) is 0 Å². The lowest BCUT2D eigenvalue weighted by atomic mass is 10.3. The van der Waals surface area contributed by atoms with E-state index in [-0.39, 0.29) is 0 Å². The number of aliphatic imine (C=N–C) groups is 1. The number of aromatic nitrogens is 2. The quantitative estimate of drug-likeness (QED) is 0.493. The Morgan fingerprint density at radius 3 is 2.65 bits per heavy atom. The van der Waals surface area contributed by atoms with Crippen LogP contribution < -0.4 is 5.32 Å². The first-order valence-corrected chi connectivity index (χ1v) is 5.44. The van der Waals surface area contributed by atoms with E-state index in [0.29, 0.717) is 0 Å². The van der Waals surface area contributed by atoms with Gasteiger partial charge in [0.2, 0.25) is 0 Å². The molecule has 0 spiro atoms. The van der Waals surface area contributed by atoms with Crippen LogP contribution in [-0.4, -0.2) is 15.8 Å². The van der Waals surface area contributed by atoms with E-state index >= 15 is 0 Å². The maximum Gasteiger partial charge on any atom is 0.135 e. The van der Waals surface area contributed by atoms with Crippen LogP contribution >= 0.6 is 0 Å². The molecule has 0 radical (unpaired) electrons. The van der Waals surface area contributed by atoms with E-state index in [1.807, 2.05) is 33.8 Å². The molecule has 0 aliphatic heterocycles. The summed E-state index contributed by atoms with van der Waals surface area (Å²) in [6.07, 6.45) is 3.52. The van der Waals surface area contributed by atoms with Crippen molar-refractivity contribution in [3.8, 4) is 0 Å². The summed E-state index contributed by atoms with van der Waals surface area (Å²) in [5.41, 5.74) is 1.95. The van der Waals surface area contributed by atoms with Gasteiger partial charge in [-0.05, 0) is 33.3 Å². The van der Waals surface area contributed by atoms with Crippen LogP contribution in [0.3, 0.4) is 0 Å². The third kappa shape index (κ3) is 4.59. The van der Waals surface area contributed by atoms with E-state index in [2.05, 4.69) is 26.9 Å². The van der Waals surface area contributed by atoms with Crippen molar-refractivity contribution >= 4 is 11.7 Å². The number of hydrogen-bond donors (Lipinski definition) is 1. The molecule has 17 heavy (non-hydrogen) atoms. The molecular formula is C13H18N4. The van der Waals surface area contributed by atoms with Gasteiger partial charge < -0.3 is 5.32 Å². The zero-order valence-corrected chi connectivity index (χ0v) is 10.8. The Balaban J connectivity index is 2.80. The van der Waals surface area contributed by atoms with Gasteiger partial charge in [-0.15, -0.1) is 0 Å². The van der Waals surface area contributed by atoms with Crippen LogP contribution in [0.4, 0.5) is 5.82 Å². The average molecular weight is 230 g/mol. The lowest BCUT2D eigenvalue weighted by molar-refractivity contribution is 1.02. The molecule has 0 aromatic carbocycles. The molecular weight excluding hydrogens is 212 g/mol. The predicted molar refractivity (Wildman–Crippen MR) is 72.2 cm³/mol. The predicted octanol–water partition coefficient (Wildman–Crippen LogP) is 3.01. The van der Waals surface area contributed by atoms with E-state index < -0.39 is 0 Å².